The molecule has 28 heavy (non-hydrogen) atoms. The van der Waals surface area contributed by atoms with Crippen molar-refractivity contribution in [3.8, 4) is 0 Å². The van der Waals surface area contributed by atoms with Crippen LogP contribution in [0.2, 0.25) is 0 Å². The number of hydrogen-bond acceptors (Lipinski definition) is 2. The number of carbonyl (C=O) groups is 1. The number of rotatable bonds is 3. The van der Waals surface area contributed by atoms with Gasteiger partial charge in [0.2, 0.25) is 0 Å². The lowest BCUT2D eigenvalue weighted by Gasteiger charge is -2.44. The zero-order chi connectivity index (χ0) is 19.7. The summed E-state index contributed by atoms with van der Waals surface area (Å²) in [4.78, 5) is 14.4. The molecule has 2 unspecified atom stereocenters. The van der Waals surface area contributed by atoms with E-state index in [4.69, 9.17) is 4.74 Å². The van der Waals surface area contributed by atoms with Crippen LogP contribution in [0.4, 0.5) is 18.0 Å². The molecule has 2 aromatic carbocycles. The van der Waals surface area contributed by atoms with Crippen LogP contribution in [-0.2, 0) is 11.3 Å². The highest BCUT2D eigenvalue weighted by Gasteiger charge is 2.38. The number of halogens is 3. The number of ether oxygens (including phenoxy) is 1. The Balaban J connectivity index is 1.53. The van der Waals surface area contributed by atoms with E-state index in [1.807, 2.05) is 36.4 Å². The predicted molar refractivity (Wildman–Crippen MR) is 98.8 cm³/mol. The van der Waals surface area contributed by atoms with Gasteiger partial charge in [0, 0.05) is 6.04 Å². The molecule has 1 saturated heterocycles. The summed E-state index contributed by atoms with van der Waals surface area (Å²) >= 11 is 0. The molecule has 2 heterocycles. The third kappa shape index (κ3) is 3.63. The molecule has 2 aliphatic heterocycles. The van der Waals surface area contributed by atoms with Crippen molar-refractivity contribution in [2.45, 2.75) is 44.4 Å². The maximum Gasteiger partial charge on any atom is 0.410 e. The Morgan fingerprint density at radius 1 is 1.07 bits per heavy atom. The minimum absolute atomic E-state index is 0.0989. The van der Waals surface area contributed by atoms with Crippen LogP contribution in [0.25, 0.3) is 5.57 Å². The number of amides is 1. The smallest absolute Gasteiger partial charge is 0.410 e. The molecule has 0 saturated carbocycles. The molecular weight excluding hydrogens is 367 g/mol. The van der Waals surface area contributed by atoms with E-state index in [9.17, 15) is 18.0 Å². The third-order valence-corrected chi connectivity index (χ3v) is 5.41. The van der Waals surface area contributed by atoms with Crippen molar-refractivity contribution in [3.05, 3.63) is 77.1 Å². The maximum atomic E-state index is 13.6. The van der Waals surface area contributed by atoms with Crippen molar-refractivity contribution in [2.75, 3.05) is 0 Å². The van der Waals surface area contributed by atoms with Gasteiger partial charge in [0.25, 0.3) is 0 Å². The predicted octanol–water partition coefficient (Wildman–Crippen LogP) is 5.45. The van der Waals surface area contributed by atoms with E-state index in [-0.39, 0.29) is 24.8 Å². The average molecular weight is 387 g/mol. The fourth-order valence-electron chi connectivity index (χ4n) is 4.06. The summed E-state index contributed by atoms with van der Waals surface area (Å²) in [6.45, 7) is 0.195. The molecule has 2 aliphatic rings. The number of piperidine rings is 1. The highest BCUT2D eigenvalue weighted by Crippen LogP contribution is 2.38. The maximum absolute atomic E-state index is 13.6. The van der Waals surface area contributed by atoms with Gasteiger partial charge in [-0.2, -0.15) is 0 Å². The fraction of sp³-hybridized carbons (Fsp3) is 0.318. The monoisotopic (exact) mass is 387 g/mol. The van der Waals surface area contributed by atoms with E-state index >= 15 is 0 Å². The third-order valence-electron chi connectivity index (χ3n) is 5.41. The SMILES string of the molecule is O=C(OCc1ccccc1)N1C2C=C(c3cc(F)c(F)c(F)c3)CC1CCC2. The second kappa shape index (κ2) is 7.70. The van der Waals surface area contributed by atoms with Crippen LogP contribution in [0.15, 0.2) is 48.5 Å². The average Bonchev–Trinajstić information content (AvgIpc) is 2.69. The highest BCUT2D eigenvalue weighted by molar-refractivity contribution is 5.74. The molecule has 0 spiro atoms. The minimum Gasteiger partial charge on any atom is -0.445 e. The first-order valence-electron chi connectivity index (χ1n) is 9.37. The minimum atomic E-state index is -1.47. The zero-order valence-electron chi connectivity index (χ0n) is 15.2. The van der Waals surface area contributed by atoms with E-state index in [1.54, 1.807) is 4.90 Å². The normalized spacial score (nSPS) is 21.2. The van der Waals surface area contributed by atoms with E-state index in [0.29, 0.717) is 12.0 Å². The molecule has 0 aromatic heterocycles. The van der Waals surface area contributed by atoms with Crippen LogP contribution in [-0.4, -0.2) is 23.1 Å². The lowest BCUT2D eigenvalue weighted by Crippen LogP contribution is -2.51. The number of fused-ring (bicyclic) bond motifs is 2. The van der Waals surface area contributed by atoms with Gasteiger partial charge in [-0.1, -0.05) is 36.4 Å². The molecule has 0 radical (unpaired) electrons. The summed E-state index contributed by atoms with van der Waals surface area (Å²) in [7, 11) is 0. The Hall–Kier alpha value is -2.76. The van der Waals surface area contributed by atoms with Crippen molar-refractivity contribution in [2.24, 2.45) is 0 Å². The van der Waals surface area contributed by atoms with Crippen LogP contribution < -0.4 is 0 Å². The molecular formula is C22H20F3NO2. The van der Waals surface area contributed by atoms with Crippen LogP contribution in [0.3, 0.4) is 0 Å². The molecule has 0 N–H and O–H groups in total. The van der Waals surface area contributed by atoms with E-state index in [1.165, 1.54) is 0 Å². The Labute approximate surface area is 161 Å². The summed E-state index contributed by atoms with van der Waals surface area (Å²) < 4.78 is 46.0. The standard InChI is InChI=1S/C22H20F3NO2/c23-19-11-16(12-20(24)21(19)25)15-9-17-7-4-8-18(10-15)26(17)22(27)28-13-14-5-2-1-3-6-14/h1-3,5-6,9,11-12,17-18H,4,7-8,10,13H2. The van der Waals surface area contributed by atoms with Crippen molar-refractivity contribution < 1.29 is 22.7 Å². The molecule has 2 bridgehead atoms. The number of hydrogen-bond donors (Lipinski definition) is 0. The highest BCUT2D eigenvalue weighted by atomic mass is 19.2. The summed E-state index contributed by atoms with van der Waals surface area (Å²) in [5.74, 6) is -3.87. The van der Waals surface area contributed by atoms with E-state index < -0.39 is 17.5 Å². The van der Waals surface area contributed by atoms with Gasteiger partial charge in [-0.15, -0.1) is 0 Å². The molecule has 146 valence electrons. The van der Waals surface area contributed by atoms with Gasteiger partial charge in [0.1, 0.15) is 6.61 Å². The zero-order valence-corrected chi connectivity index (χ0v) is 15.2. The van der Waals surface area contributed by atoms with Gasteiger partial charge in [-0.25, -0.2) is 18.0 Å². The summed E-state index contributed by atoms with van der Waals surface area (Å²) in [6.07, 6.45) is 4.44. The molecule has 2 atom stereocenters. The second-order valence-corrected chi connectivity index (χ2v) is 7.25. The Morgan fingerprint density at radius 3 is 2.46 bits per heavy atom. The topological polar surface area (TPSA) is 29.5 Å². The largest absolute Gasteiger partial charge is 0.445 e. The first-order valence-corrected chi connectivity index (χ1v) is 9.37. The van der Waals surface area contributed by atoms with Gasteiger partial charge < -0.3 is 4.74 Å². The number of benzene rings is 2. The van der Waals surface area contributed by atoms with Gasteiger partial charge >= 0.3 is 6.09 Å². The lowest BCUT2D eigenvalue weighted by atomic mass is 9.83. The molecule has 3 nitrogen and oxygen atoms in total. The Bertz CT molecular complexity index is 890. The molecule has 6 heteroatoms. The van der Waals surface area contributed by atoms with Gasteiger partial charge in [-0.3, -0.25) is 4.90 Å². The van der Waals surface area contributed by atoms with Crippen LogP contribution in [0, 0.1) is 17.5 Å². The molecule has 1 amide bonds. The van der Waals surface area contributed by atoms with Crippen molar-refractivity contribution >= 4 is 11.7 Å². The van der Waals surface area contributed by atoms with Gasteiger partial charge in [0.15, 0.2) is 17.5 Å². The number of nitrogens with zero attached hydrogens (tertiary/aromatic N) is 1. The summed E-state index contributed by atoms with van der Waals surface area (Å²) in [6, 6.07) is 11.2. The quantitative estimate of drug-likeness (QED) is 0.656. The van der Waals surface area contributed by atoms with Gasteiger partial charge in [-0.05, 0) is 54.5 Å². The number of carbonyl (C=O) groups excluding carboxylic acids is 1. The van der Waals surface area contributed by atoms with Gasteiger partial charge in [0.05, 0.1) is 6.04 Å². The fourth-order valence-corrected chi connectivity index (χ4v) is 4.06. The van der Waals surface area contributed by atoms with Crippen molar-refractivity contribution in [3.63, 3.8) is 0 Å². The van der Waals surface area contributed by atoms with Crippen LogP contribution in [0.5, 0.6) is 0 Å². The van der Waals surface area contributed by atoms with E-state index in [0.717, 1.165) is 42.5 Å². The molecule has 4 rings (SSSR count). The summed E-state index contributed by atoms with van der Waals surface area (Å²) in [5.41, 5.74) is 1.97. The van der Waals surface area contributed by atoms with Crippen LogP contribution >= 0.6 is 0 Å². The Kier molecular flexibility index (Phi) is 5.11. The second-order valence-electron chi connectivity index (χ2n) is 7.25. The molecule has 1 fully saturated rings. The molecule has 2 aromatic rings. The van der Waals surface area contributed by atoms with Crippen LogP contribution in [0.1, 0.15) is 36.8 Å². The first kappa shape index (κ1) is 18.6. The summed E-state index contributed by atoms with van der Waals surface area (Å²) in [5, 5.41) is 0. The lowest BCUT2D eigenvalue weighted by molar-refractivity contribution is 0.0510. The first-order chi connectivity index (χ1) is 13.5. The molecule has 0 aliphatic carbocycles. The van der Waals surface area contributed by atoms with E-state index in [2.05, 4.69) is 0 Å². The van der Waals surface area contributed by atoms with Crippen molar-refractivity contribution in [1.29, 1.82) is 0 Å². The van der Waals surface area contributed by atoms with Crippen molar-refractivity contribution in [1.82, 2.24) is 4.90 Å². The Morgan fingerprint density at radius 2 is 1.79 bits per heavy atom.